The van der Waals surface area contributed by atoms with Gasteiger partial charge in [-0.2, -0.15) is 0 Å². The van der Waals surface area contributed by atoms with Crippen LogP contribution in [0.25, 0.3) is 0 Å². The molecule has 0 radical (unpaired) electrons. The first-order valence-electron chi connectivity index (χ1n) is 8.88. The molecule has 0 aliphatic heterocycles. The molecular formula is C21H28N2O3S. The van der Waals surface area contributed by atoms with Gasteiger partial charge in [-0.1, -0.05) is 17.7 Å². The van der Waals surface area contributed by atoms with E-state index in [-0.39, 0.29) is 27.8 Å². The van der Waals surface area contributed by atoms with Crippen molar-refractivity contribution in [2.45, 2.75) is 56.9 Å². The number of carbonyl (C=O) groups excluding carboxylic acids is 1. The molecule has 0 fully saturated rings. The predicted molar refractivity (Wildman–Crippen MR) is 109 cm³/mol. The van der Waals surface area contributed by atoms with Crippen LogP contribution in [0.1, 0.15) is 37.5 Å². The summed E-state index contributed by atoms with van der Waals surface area (Å²) >= 11 is 0. The summed E-state index contributed by atoms with van der Waals surface area (Å²) in [5.41, 5.74) is 2.74. The van der Waals surface area contributed by atoms with Gasteiger partial charge in [-0.3, -0.25) is 4.79 Å². The predicted octanol–water partition coefficient (Wildman–Crippen LogP) is 3.77. The highest BCUT2D eigenvalue weighted by molar-refractivity contribution is 7.91. The van der Waals surface area contributed by atoms with Crippen LogP contribution in [0.4, 0.5) is 5.69 Å². The molecule has 0 saturated carbocycles. The Hall–Kier alpha value is -2.34. The monoisotopic (exact) mass is 388 g/mol. The molecule has 0 aliphatic rings. The van der Waals surface area contributed by atoms with E-state index in [4.69, 9.17) is 0 Å². The van der Waals surface area contributed by atoms with E-state index in [0.29, 0.717) is 11.3 Å². The Labute approximate surface area is 162 Å². The highest BCUT2D eigenvalue weighted by Gasteiger charge is 2.22. The van der Waals surface area contributed by atoms with Crippen LogP contribution < -0.4 is 10.6 Å². The lowest BCUT2D eigenvalue weighted by molar-refractivity contribution is -0.120. The van der Waals surface area contributed by atoms with Crippen LogP contribution in [0.3, 0.4) is 0 Å². The van der Waals surface area contributed by atoms with Gasteiger partial charge < -0.3 is 10.6 Å². The first kappa shape index (κ1) is 21.0. The largest absolute Gasteiger partial charge is 0.376 e. The van der Waals surface area contributed by atoms with Gasteiger partial charge in [0.2, 0.25) is 15.7 Å². The zero-order valence-electron chi connectivity index (χ0n) is 16.8. The topological polar surface area (TPSA) is 75.3 Å². The maximum Gasteiger partial charge on any atom is 0.239 e. The Balaban J connectivity index is 2.34. The summed E-state index contributed by atoms with van der Waals surface area (Å²) in [6.07, 6.45) is 0. The Morgan fingerprint density at radius 1 is 0.963 bits per heavy atom. The zero-order chi connectivity index (χ0) is 20.4. The lowest BCUT2D eigenvalue weighted by Crippen LogP contribution is -2.43. The molecule has 5 nitrogen and oxygen atoms in total. The average Bonchev–Trinajstić information content (AvgIpc) is 2.54. The summed E-state index contributed by atoms with van der Waals surface area (Å²) < 4.78 is 26.2. The molecule has 0 spiro atoms. The van der Waals surface area contributed by atoms with E-state index in [0.717, 1.165) is 11.1 Å². The SMILES string of the molecule is Cc1ccc(S(=O)(=O)c2cc(C)cc(NCC(=O)NC(C)(C)C)c2C)cc1. The molecule has 27 heavy (non-hydrogen) atoms. The first-order valence-corrected chi connectivity index (χ1v) is 10.4. The number of benzene rings is 2. The highest BCUT2D eigenvalue weighted by atomic mass is 32.2. The second-order valence-electron chi connectivity index (χ2n) is 7.90. The van der Waals surface area contributed by atoms with Crippen LogP contribution in [0, 0.1) is 20.8 Å². The molecule has 0 aromatic heterocycles. The zero-order valence-corrected chi connectivity index (χ0v) is 17.6. The summed E-state index contributed by atoms with van der Waals surface area (Å²) in [5.74, 6) is -0.147. The average molecular weight is 389 g/mol. The number of hydrogen-bond donors (Lipinski definition) is 2. The van der Waals surface area contributed by atoms with Crippen molar-refractivity contribution in [1.29, 1.82) is 0 Å². The standard InChI is InChI=1S/C21H28N2O3S/c1-14-7-9-17(10-8-14)27(25,26)19-12-15(2)11-18(16(19)3)22-13-20(24)23-21(4,5)6/h7-12,22H,13H2,1-6H3,(H,23,24). The Morgan fingerprint density at radius 2 is 1.56 bits per heavy atom. The van der Waals surface area contributed by atoms with Crippen molar-refractivity contribution in [2.24, 2.45) is 0 Å². The van der Waals surface area contributed by atoms with Crippen LogP contribution in [-0.4, -0.2) is 26.4 Å². The smallest absolute Gasteiger partial charge is 0.239 e. The molecular weight excluding hydrogens is 360 g/mol. The Bertz CT molecular complexity index is 941. The second-order valence-corrected chi connectivity index (χ2v) is 9.82. The number of sulfone groups is 1. The number of anilines is 1. The van der Waals surface area contributed by atoms with Crippen LogP contribution >= 0.6 is 0 Å². The highest BCUT2D eigenvalue weighted by Crippen LogP contribution is 2.30. The van der Waals surface area contributed by atoms with E-state index in [1.807, 2.05) is 40.7 Å². The third-order valence-electron chi connectivity index (χ3n) is 4.08. The van der Waals surface area contributed by atoms with Crippen molar-refractivity contribution in [3.05, 3.63) is 53.1 Å². The van der Waals surface area contributed by atoms with Gasteiger partial charge in [-0.15, -0.1) is 0 Å². The van der Waals surface area contributed by atoms with Crippen LogP contribution in [0.15, 0.2) is 46.2 Å². The Morgan fingerprint density at radius 3 is 2.11 bits per heavy atom. The number of hydrogen-bond acceptors (Lipinski definition) is 4. The molecule has 0 bridgehead atoms. The van der Waals surface area contributed by atoms with Gasteiger partial charge in [-0.05, 0) is 76.9 Å². The minimum atomic E-state index is -3.64. The van der Waals surface area contributed by atoms with Crippen molar-refractivity contribution in [2.75, 3.05) is 11.9 Å². The van der Waals surface area contributed by atoms with Gasteiger partial charge >= 0.3 is 0 Å². The van der Waals surface area contributed by atoms with E-state index >= 15 is 0 Å². The minimum absolute atomic E-state index is 0.0750. The minimum Gasteiger partial charge on any atom is -0.376 e. The van der Waals surface area contributed by atoms with E-state index in [9.17, 15) is 13.2 Å². The molecule has 2 N–H and O–H groups in total. The molecule has 2 aromatic carbocycles. The summed E-state index contributed by atoms with van der Waals surface area (Å²) in [6, 6.07) is 10.3. The van der Waals surface area contributed by atoms with Crippen molar-refractivity contribution >= 4 is 21.4 Å². The molecule has 0 heterocycles. The number of aryl methyl sites for hydroxylation is 2. The van der Waals surface area contributed by atoms with Crippen LogP contribution in [0.2, 0.25) is 0 Å². The normalized spacial score (nSPS) is 11.9. The molecule has 0 aliphatic carbocycles. The number of amides is 1. The molecule has 2 aromatic rings. The molecule has 146 valence electrons. The molecule has 1 amide bonds. The molecule has 0 unspecified atom stereocenters. The van der Waals surface area contributed by atoms with Crippen LogP contribution in [0.5, 0.6) is 0 Å². The third kappa shape index (κ3) is 5.32. The summed E-state index contributed by atoms with van der Waals surface area (Å²) in [5, 5.41) is 5.95. The van der Waals surface area contributed by atoms with Gasteiger partial charge in [-0.25, -0.2) is 8.42 Å². The van der Waals surface area contributed by atoms with Crippen molar-refractivity contribution in [3.8, 4) is 0 Å². The summed E-state index contributed by atoms with van der Waals surface area (Å²) in [7, 11) is -3.64. The first-order chi connectivity index (χ1) is 12.4. The quantitative estimate of drug-likeness (QED) is 0.817. The number of rotatable bonds is 5. The lowest BCUT2D eigenvalue weighted by atomic mass is 10.1. The van der Waals surface area contributed by atoms with Gasteiger partial charge in [0.15, 0.2) is 0 Å². The van der Waals surface area contributed by atoms with Crippen LogP contribution in [-0.2, 0) is 14.6 Å². The maximum atomic E-state index is 13.1. The van der Waals surface area contributed by atoms with Gasteiger partial charge in [0, 0.05) is 11.2 Å². The van der Waals surface area contributed by atoms with E-state index < -0.39 is 9.84 Å². The molecule has 0 atom stereocenters. The van der Waals surface area contributed by atoms with Gasteiger partial charge in [0.1, 0.15) is 0 Å². The Kier molecular flexibility index (Phi) is 6.00. The lowest BCUT2D eigenvalue weighted by Gasteiger charge is -2.21. The summed E-state index contributed by atoms with van der Waals surface area (Å²) in [6.45, 7) is 11.3. The fraction of sp³-hybridized carbons (Fsp3) is 0.381. The second kappa shape index (κ2) is 7.72. The van der Waals surface area contributed by atoms with Gasteiger partial charge in [0.05, 0.1) is 16.3 Å². The van der Waals surface area contributed by atoms with E-state index in [2.05, 4.69) is 10.6 Å². The fourth-order valence-corrected chi connectivity index (χ4v) is 4.37. The third-order valence-corrected chi connectivity index (χ3v) is 5.97. The van der Waals surface area contributed by atoms with E-state index in [1.54, 1.807) is 37.3 Å². The maximum absolute atomic E-state index is 13.1. The number of nitrogens with one attached hydrogen (secondary N) is 2. The fourth-order valence-electron chi connectivity index (χ4n) is 2.77. The van der Waals surface area contributed by atoms with Gasteiger partial charge in [0.25, 0.3) is 0 Å². The molecule has 0 saturated heterocycles. The van der Waals surface area contributed by atoms with Crippen molar-refractivity contribution < 1.29 is 13.2 Å². The molecule has 6 heteroatoms. The summed E-state index contributed by atoms with van der Waals surface area (Å²) in [4.78, 5) is 12.6. The molecule has 2 rings (SSSR count). The number of carbonyl (C=O) groups is 1. The van der Waals surface area contributed by atoms with E-state index in [1.165, 1.54) is 0 Å². The van der Waals surface area contributed by atoms with Crippen molar-refractivity contribution in [1.82, 2.24) is 5.32 Å². The van der Waals surface area contributed by atoms with Crippen molar-refractivity contribution in [3.63, 3.8) is 0 Å².